The van der Waals surface area contributed by atoms with E-state index in [4.69, 9.17) is 16.0 Å². The van der Waals surface area contributed by atoms with Gasteiger partial charge in [-0.05, 0) is 36.2 Å². The molecule has 3 aromatic rings. The molecule has 0 aliphatic heterocycles. The van der Waals surface area contributed by atoms with Crippen LogP contribution in [-0.2, 0) is 11.2 Å². The molecule has 1 aromatic heterocycles. The predicted molar refractivity (Wildman–Crippen MR) is 97.8 cm³/mol. The Hall–Kier alpha value is -3.10. The number of benzene rings is 2. The van der Waals surface area contributed by atoms with Gasteiger partial charge in [0.15, 0.2) is 11.7 Å². The number of carbonyl (C=O) groups excluding carboxylic acids is 2. The maximum atomic E-state index is 12.5. The van der Waals surface area contributed by atoms with Gasteiger partial charge < -0.3 is 9.73 Å². The molecule has 130 valence electrons. The topological polar surface area (TPSA) is 83.1 Å². The summed E-state index contributed by atoms with van der Waals surface area (Å²) in [6.45, 7) is 0.337. The summed E-state index contributed by atoms with van der Waals surface area (Å²) in [7, 11) is 0. The smallest absolute Gasteiger partial charge is 0.245 e. The van der Waals surface area contributed by atoms with Gasteiger partial charge in [-0.2, -0.15) is 5.26 Å². The zero-order valence-electron chi connectivity index (χ0n) is 13.7. The lowest BCUT2D eigenvalue weighted by molar-refractivity contribution is -0.122. The standard InChI is InChI=1S/C20H15ClN2O3/c21-15-6-7-17-14(10-15)11-18(26-17)19(24)16(12-22)20(25)23-9-8-13-4-2-1-3-5-13/h1-7,10-11,16H,8-9H2,(H,23,25). The molecule has 5 nitrogen and oxygen atoms in total. The molecule has 6 heteroatoms. The number of nitrogens with zero attached hydrogens (tertiary/aromatic N) is 1. The maximum absolute atomic E-state index is 12.5. The van der Waals surface area contributed by atoms with Gasteiger partial charge in [0.25, 0.3) is 0 Å². The van der Waals surface area contributed by atoms with E-state index in [0.717, 1.165) is 5.56 Å². The summed E-state index contributed by atoms with van der Waals surface area (Å²) in [5.74, 6) is -2.79. The van der Waals surface area contributed by atoms with E-state index < -0.39 is 17.6 Å². The van der Waals surface area contributed by atoms with Gasteiger partial charge >= 0.3 is 0 Å². The first-order chi connectivity index (χ1) is 12.6. The largest absolute Gasteiger partial charge is 0.453 e. The Kier molecular flexibility index (Phi) is 5.35. The van der Waals surface area contributed by atoms with Crippen molar-refractivity contribution < 1.29 is 14.0 Å². The number of halogens is 1. The lowest BCUT2D eigenvalue weighted by atomic mass is 10.0. The van der Waals surface area contributed by atoms with Crippen molar-refractivity contribution in [3.8, 4) is 6.07 Å². The van der Waals surface area contributed by atoms with Crippen LogP contribution in [0.25, 0.3) is 11.0 Å². The first kappa shape index (κ1) is 17.7. The van der Waals surface area contributed by atoms with Crippen molar-refractivity contribution in [1.29, 1.82) is 5.26 Å². The van der Waals surface area contributed by atoms with Crippen LogP contribution < -0.4 is 5.32 Å². The normalized spacial score (nSPS) is 11.7. The molecule has 1 amide bonds. The molecule has 26 heavy (non-hydrogen) atoms. The molecular weight excluding hydrogens is 352 g/mol. The summed E-state index contributed by atoms with van der Waals surface area (Å²) in [5, 5.41) is 13.0. The zero-order chi connectivity index (χ0) is 18.5. The van der Waals surface area contributed by atoms with Crippen LogP contribution in [-0.4, -0.2) is 18.2 Å². The highest BCUT2D eigenvalue weighted by Crippen LogP contribution is 2.24. The van der Waals surface area contributed by atoms with Crippen molar-refractivity contribution in [1.82, 2.24) is 5.32 Å². The van der Waals surface area contributed by atoms with Crippen LogP contribution in [0.5, 0.6) is 0 Å². The van der Waals surface area contributed by atoms with Crippen molar-refractivity contribution in [2.45, 2.75) is 6.42 Å². The van der Waals surface area contributed by atoms with E-state index in [-0.39, 0.29) is 5.76 Å². The molecule has 1 heterocycles. The van der Waals surface area contributed by atoms with Gasteiger partial charge in [-0.25, -0.2) is 0 Å². The Morgan fingerprint density at radius 1 is 1.15 bits per heavy atom. The van der Waals surface area contributed by atoms with Crippen molar-refractivity contribution in [3.05, 3.63) is 70.9 Å². The fourth-order valence-corrected chi connectivity index (χ4v) is 2.77. The van der Waals surface area contributed by atoms with Crippen LogP contribution in [0, 0.1) is 17.2 Å². The Labute approximate surface area is 155 Å². The molecule has 0 aliphatic carbocycles. The van der Waals surface area contributed by atoms with Crippen LogP contribution in [0.1, 0.15) is 16.1 Å². The number of ketones is 1. The van der Waals surface area contributed by atoms with Gasteiger partial charge in [0.2, 0.25) is 11.7 Å². The molecule has 3 rings (SSSR count). The number of Topliss-reactive ketones (excluding diaryl/α,β-unsaturated/α-hetero) is 1. The van der Waals surface area contributed by atoms with Gasteiger partial charge in [0, 0.05) is 17.0 Å². The maximum Gasteiger partial charge on any atom is 0.245 e. The fraction of sp³-hybridized carbons (Fsp3) is 0.150. The third-order valence-corrected chi connectivity index (χ3v) is 4.17. The highest BCUT2D eigenvalue weighted by atomic mass is 35.5. The van der Waals surface area contributed by atoms with E-state index in [1.807, 2.05) is 30.3 Å². The number of fused-ring (bicyclic) bond motifs is 1. The van der Waals surface area contributed by atoms with E-state index in [0.29, 0.717) is 29.0 Å². The lowest BCUT2D eigenvalue weighted by Gasteiger charge is -2.08. The molecule has 0 saturated carbocycles. The molecule has 2 aromatic carbocycles. The molecule has 1 atom stereocenters. The first-order valence-corrected chi connectivity index (χ1v) is 8.41. The molecule has 0 saturated heterocycles. The second-order valence-electron chi connectivity index (χ2n) is 5.75. The summed E-state index contributed by atoms with van der Waals surface area (Å²) in [4.78, 5) is 24.7. The minimum absolute atomic E-state index is 0.0352. The average Bonchev–Trinajstić information content (AvgIpc) is 3.06. The van der Waals surface area contributed by atoms with Crippen molar-refractivity contribution in [2.75, 3.05) is 6.54 Å². The van der Waals surface area contributed by atoms with Gasteiger partial charge in [0.05, 0.1) is 6.07 Å². The summed E-state index contributed by atoms with van der Waals surface area (Å²) < 4.78 is 5.45. The number of furan rings is 1. The van der Waals surface area contributed by atoms with Crippen molar-refractivity contribution in [2.24, 2.45) is 5.92 Å². The molecule has 0 bridgehead atoms. The Bertz CT molecular complexity index is 989. The minimum atomic E-state index is -1.46. The summed E-state index contributed by atoms with van der Waals surface area (Å²) in [6.07, 6.45) is 0.613. The summed E-state index contributed by atoms with van der Waals surface area (Å²) >= 11 is 5.91. The van der Waals surface area contributed by atoms with Gasteiger partial charge in [-0.15, -0.1) is 0 Å². The van der Waals surface area contributed by atoms with Crippen LogP contribution in [0.4, 0.5) is 0 Å². The lowest BCUT2D eigenvalue weighted by Crippen LogP contribution is -2.35. The second-order valence-corrected chi connectivity index (χ2v) is 6.18. The van der Waals surface area contributed by atoms with Crippen molar-refractivity contribution >= 4 is 34.3 Å². The number of nitrogens with one attached hydrogen (secondary N) is 1. The van der Waals surface area contributed by atoms with Crippen LogP contribution in [0.3, 0.4) is 0 Å². The number of nitriles is 1. The van der Waals surface area contributed by atoms with E-state index in [1.54, 1.807) is 24.3 Å². The monoisotopic (exact) mass is 366 g/mol. The number of carbonyl (C=O) groups is 2. The summed E-state index contributed by atoms with van der Waals surface area (Å²) in [6, 6.07) is 17.8. The number of amides is 1. The molecular formula is C20H15ClN2O3. The molecule has 0 spiro atoms. The third kappa shape index (κ3) is 3.93. The number of hydrogen-bond acceptors (Lipinski definition) is 4. The Balaban J connectivity index is 1.67. The molecule has 1 unspecified atom stereocenters. The van der Waals surface area contributed by atoms with E-state index in [1.165, 1.54) is 6.07 Å². The quantitative estimate of drug-likeness (QED) is 0.531. The van der Waals surface area contributed by atoms with Gasteiger partial charge in [-0.3, -0.25) is 9.59 Å². The number of hydrogen-bond donors (Lipinski definition) is 1. The Morgan fingerprint density at radius 3 is 2.65 bits per heavy atom. The van der Waals surface area contributed by atoms with Crippen molar-refractivity contribution in [3.63, 3.8) is 0 Å². The number of rotatable bonds is 6. The highest BCUT2D eigenvalue weighted by molar-refractivity contribution is 6.31. The first-order valence-electron chi connectivity index (χ1n) is 8.03. The predicted octanol–water partition coefficient (Wildman–Crippen LogP) is 3.77. The highest BCUT2D eigenvalue weighted by Gasteiger charge is 2.29. The zero-order valence-corrected chi connectivity index (χ0v) is 14.5. The molecule has 0 fully saturated rings. The molecule has 0 radical (unpaired) electrons. The van der Waals surface area contributed by atoms with Crippen LogP contribution in [0.2, 0.25) is 5.02 Å². The summed E-state index contributed by atoms with van der Waals surface area (Å²) in [5.41, 5.74) is 1.53. The SMILES string of the molecule is N#CC(C(=O)NCCc1ccccc1)C(=O)c1cc2cc(Cl)ccc2o1. The third-order valence-electron chi connectivity index (χ3n) is 3.93. The van der Waals surface area contributed by atoms with Gasteiger partial charge in [0.1, 0.15) is 5.58 Å². The molecule has 1 N–H and O–H groups in total. The van der Waals surface area contributed by atoms with Crippen LogP contribution >= 0.6 is 11.6 Å². The Morgan fingerprint density at radius 2 is 1.92 bits per heavy atom. The minimum Gasteiger partial charge on any atom is -0.453 e. The second kappa shape index (κ2) is 7.85. The van der Waals surface area contributed by atoms with Gasteiger partial charge in [-0.1, -0.05) is 41.9 Å². The van der Waals surface area contributed by atoms with Crippen LogP contribution in [0.15, 0.2) is 59.0 Å². The van der Waals surface area contributed by atoms with E-state index in [2.05, 4.69) is 5.32 Å². The van der Waals surface area contributed by atoms with E-state index in [9.17, 15) is 14.9 Å². The average molecular weight is 367 g/mol. The molecule has 0 aliphatic rings. The fourth-order valence-electron chi connectivity index (χ4n) is 2.59. The van der Waals surface area contributed by atoms with E-state index >= 15 is 0 Å².